The third-order valence-corrected chi connectivity index (χ3v) is 4.20. The number of pyridine rings is 4. The molecule has 170 valence electrons. The molecule has 0 aliphatic rings. The van der Waals surface area contributed by atoms with Gasteiger partial charge in [-0.05, 0) is 66.9 Å². The maximum absolute atomic E-state index is 10.5. The normalized spacial score (nSPS) is 9.64. The van der Waals surface area contributed by atoms with E-state index in [1.165, 1.54) is 0 Å². The van der Waals surface area contributed by atoms with Crippen molar-refractivity contribution in [2.24, 2.45) is 0 Å². The Bertz CT molecular complexity index is 1040. The number of aromatic nitrogens is 4. The van der Waals surface area contributed by atoms with Gasteiger partial charge in [0.15, 0.2) is 0 Å². The zero-order valence-corrected chi connectivity index (χ0v) is 20.8. The van der Waals surface area contributed by atoms with Crippen LogP contribution in [-0.2, 0) is 26.4 Å². The van der Waals surface area contributed by atoms with Crippen molar-refractivity contribution in [1.29, 1.82) is 0 Å². The van der Waals surface area contributed by atoms with Gasteiger partial charge in [-0.1, -0.05) is 18.2 Å². The first kappa shape index (κ1) is 26.5. The van der Waals surface area contributed by atoms with E-state index in [4.69, 9.17) is 24.5 Å². The summed E-state index contributed by atoms with van der Waals surface area (Å²) in [5.41, 5.74) is 4.57. The molecule has 0 saturated heterocycles. The van der Waals surface area contributed by atoms with E-state index >= 15 is 0 Å². The van der Waals surface area contributed by atoms with E-state index in [0.717, 1.165) is 34.8 Å². The summed E-state index contributed by atoms with van der Waals surface area (Å²) in [5, 5.41) is 8.60. The van der Waals surface area contributed by atoms with Gasteiger partial charge in [-0.3, -0.25) is 24.7 Å². The Kier molecular flexibility index (Phi) is 12.8. The van der Waals surface area contributed by atoms with Gasteiger partial charge in [0.25, 0.3) is 0 Å². The molecule has 0 bridgehead atoms. The monoisotopic (exact) mass is 570 g/mol. The van der Waals surface area contributed by atoms with Gasteiger partial charge < -0.3 is 5.11 Å². The molecule has 6 nitrogen and oxygen atoms in total. The van der Waals surface area contributed by atoms with E-state index in [1.54, 1.807) is 24.8 Å². The fraction of sp³-hybridized carbons (Fsp3) is 0.125. The molecule has 0 aliphatic heterocycles. The van der Waals surface area contributed by atoms with Crippen LogP contribution in [-0.4, -0.2) is 31.0 Å². The van der Waals surface area contributed by atoms with Crippen molar-refractivity contribution in [1.82, 2.24) is 19.9 Å². The maximum atomic E-state index is 10.5. The van der Waals surface area contributed by atoms with Crippen LogP contribution in [0.3, 0.4) is 0 Å². The van der Waals surface area contributed by atoms with E-state index in [9.17, 15) is 4.79 Å². The minimum Gasteiger partial charge on any atom is -0.255 e. The van der Waals surface area contributed by atoms with Gasteiger partial charge in [0, 0.05) is 31.2 Å². The fourth-order valence-corrected chi connectivity index (χ4v) is 2.76. The van der Waals surface area contributed by atoms with Crippen molar-refractivity contribution < 1.29 is 25.0 Å². The molecule has 1 N–H and O–H groups in total. The second-order valence-electron chi connectivity index (χ2n) is 6.49. The molecule has 4 aromatic heterocycles. The number of aliphatic carboxylic acids is 1. The first-order valence-electron chi connectivity index (χ1n) is 9.89. The van der Waals surface area contributed by atoms with Crippen LogP contribution in [0.4, 0.5) is 0 Å². The minimum atomic E-state index is -0.756. The molecular formula is C24H22Cl2N4O2Ru+2. The molecular weight excluding hydrogens is 548 g/mol. The average molecular weight is 570 g/mol. The molecule has 4 heterocycles. The summed E-state index contributed by atoms with van der Waals surface area (Å²) in [7, 11) is 9.71. The molecule has 0 aromatic carbocycles. The van der Waals surface area contributed by atoms with Crippen LogP contribution in [0.15, 0.2) is 91.5 Å². The molecule has 33 heavy (non-hydrogen) atoms. The Morgan fingerprint density at radius 2 is 1.18 bits per heavy atom. The van der Waals surface area contributed by atoms with Crippen molar-refractivity contribution in [3.05, 3.63) is 97.1 Å². The second kappa shape index (κ2) is 16.0. The standard InChI is InChI=1S/C14H14N2O2.C10H8N2.2ClH.Ru/c17-14(18)6-3-4-11-7-9-16-13(10-11)12-5-1-2-8-15-12;1-3-7-11-9(5-1)10-6-2-4-8-12-10;;;/h1-2,5,7-10H,3-4,6H2,(H,17,18);1-8H;2*1H;/q;;;;+4/p-2. The number of hydrogen-bond acceptors (Lipinski definition) is 5. The molecule has 4 rings (SSSR count). The maximum Gasteiger partial charge on any atom is 0.0886 e. The van der Waals surface area contributed by atoms with Crippen LogP contribution >= 0.6 is 19.4 Å². The number of aryl methyl sites for hydroxylation is 1. The molecule has 0 spiro atoms. The van der Waals surface area contributed by atoms with Crippen molar-refractivity contribution in [2.75, 3.05) is 0 Å². The molecule has 0 atom stereocenters. The summed E-state index contributed by atoms with van der Waals surface area (Å²) in [6.07, 6.45) is 8.58. The molecule has 4 aromatic rings. The molecule has 0 saturated carbocycles. The predicted molar refractivity (Wildman–Crippen MR) is 127 cm³/mol. The summed E-state index contributed by atoms with van der Waals surface area (Å²) >= 11 is -0.346. The predicted octanol–water partition coefficient (Wildman–Crippen LogP) is 6.07. The fourth-order valence-electron chi connectivity index (χ4n) is 2.76. The Morgan fingerprint density at radius 3 is 1.61 bits per heavy atom. The summed E-state index contributed by atoms with van der Waals surface area (Å²) in [6.45, 7) is 0. The molecule has 0 unspecified atom stereocenters. The van der Waals surface area contributed by atoms with E-state index in [1.807, 2.05) is 66.7 Å². The number of carboxylic acid groups (broad SMARTS) is 1. The zero-order chi connectivity index (χ0) is 23.7. The number of rotatable bonds is 6. The van der Waals surface area contributed by atoms with Crippen LogP contribution in [0, 0.1) is 0 Å². The zero-order valence-electron chi connectivity index (χ0n) is 17.5. The topological polar surface area (TPSA) is 88.9 Å². The second-order valence-corrected chi connectivity index (χ2v) is 9.13. The first-order valence-corrected chi connectivity index (χ1v) is 14.4. The smallest absolute Gasteiger partial charge is 0.0886 e. The van der Waals surface area contributed by atoms with Crippen LogP contribution < -0.4 is 0 Å². The third-order valence-electron chi connectivity index (χ3n) is 4.20. The van der Waals surface area contributed by atoms with Gasteiger partial charge in [0.05, 0.1) is 22.8 Å². The molecule has 0 radical (unpaired) electrons. The van der Waals surface area contributed by atoms with Gasteiger partial charge >= 0.3 is 40.5 Å². The summed E-state index contributed by atoms with van der Waals surface area (Å²) in [6, 6.07) is 21.2. The number of hydrogen-bond donors (Lipinski definition) is 1. The Balaban J connectivity index is 0.000000221. The largest absolute Gasteiger partial charge is 0.255 e. The van der Waals surface area contributed by atoms with Crippen molar-refractivity contribution in [3.63, 3.8) is 0 Å². The molecule has 0 fully saturated rings. The minimum absolute atomic E-state index is 0.196. The van der Waals surface area contributed by atoms with E-state index in [-0.39, 0.29) is 21.6 Å². The quantitative estimate of drug-likeness (QED) is 0.283. The van der Waals surface area contributed by atoms with E-state index < -0.39 is 5.97 Å². The van der Waals surface area contributed by atoms with Crippen molar-refractivity contribution in [3.8, 4) is 22.8 Å². The Labute approximate surface area is 208 Å². The first-order chi connectivity index (χ1) is 16.1. The number of carboxylic acids is 1. The number of nitrogens with zero attached hydrogens (tertiary/aromatic N) is 4. The van der Waals surface area contributed by atoms with Crippen LogP contribution in [0.2, 0.25) is 0 Å². The van der Waals surface area contributed by atoms with Crippen molar-refractivity contribution in [2.45, 2.75) is 19.3 Å². The van der Waals surface area contributed by atoms with E-state index in [0.29, 0.717) is 6.42 Å². The number of carbonyl (C=O) groups is 1. The average Bonchev–Trinajstić information content (AvgIpc) is 2.87. The third kappa shape index (κ3) is 10.6. The van der Waals surface area contributed by atoms with Crippen LogP contribution in [0.1, 0.15) is 18.4 Å². The summed E-state index contributed by atoms with van der Waals surface area (Å²) in [4.78, 5) is 27.3. The summed E-state index contributed by atoms with van der Waals surface area (Å²) in [5.74, 6) is -0.756. The van der Waals surface area contributed by atoms with Crippen molar-refractivity contribution >= 4 is 25.4 Å². The molecule has 0 amide bonds. The molecule has 9 heteroatoms. The Hall–Kier alpha value is -2.73. The SMILES string of the molecule is O=C(O)CCCc1ccnc(-c2ccccn2)c1.[Cl][Ru+2][Cl].c1ccc(-c2ccccn2)nc1. The van der Waals surface area contributed by atoms with Gasteiger partial charge in [0.1, 0.15) is 0 Å². The number of halogens is 2. The van der Waals surface area contributed by atoms with Crippen LogP contribution in [0.5, 0.6) is 0 Å². The van der Waals surface area contributed by atoms with Gasteiger partial charge in [-0.25, -0.2) is 0 Å². The van der Waals surface area contributed by atoms with Crippen LogP contribution in [0.25, 0.3) is 22.8 Å². The van der Waals surface area contributed by atoms with Gasteiger partial charge in [0.2, 0.25) is 0 Å². The van der Waals surface area contributed by atoms with Gasteiger partial charge in [-0.15, -0.1) is 0 Å². The molecule has 0 aliphatic carbocycles. The van der Waals surface area contributed by atoms with Gasteiger partial charge in [-0.2, -0.15) is 0 Å². The van der Waals surface area contributed by atoms with E-state index in [2.05, 4.69) is 19.9 Å². The Morgan fingerprint density at radius 1 is 0.727 bits per heavy atom. The summed E-state index contributed by atoms with van der Waals surface area (Å²) < 4.78 is 0.